The van der Waals surface area contributed by atoms with E-state index in [1.54, 1.807) is 6.07 Å². The van der Waals surface area contributed by atoms with Crippen LogP contribution in [0.15, 0.2) is 36.4 Å². The maximum Gasteiger partial charge on any atom is 0.248 e. The zero-order valence-electron chi connectivity index (χ0n) is 15.6. The number of hydrogen-bond acceptors (Lipinski definition) is 3. The Morgan fingerprint density at radius 2 is 1.89 bits per heavy atom. The third-order valence-corrected chi connectivity index (χ3v) is 6.00. The number of halogens is 2. The van der Waals surface area contributed by atoms with Crippen LogP contribution in [0.1, 0.15) is 25.0 Å². The molecule has 2 rings (SSSR count). The minimum Gasteiger partial charge on any atom is -0.324 e. The van der Waals surface area contributed by atoms with Gasteiger partial charge in [0.05, 0.1) is 17.0 Å². The molecule has 1 amide bonds. The van der Waals surface area contributed by atoms with Gasteiger partial charge in [0.1, 0.15) is 6.04 Å². The monoisotopic (exact) mass is 428 g/mol. The SMILES string of the molecule is CCc1cccc(C)c1NC(=O)C(C)N(c1cc(Cl)ccc1Cl)S(C)(=O)=O. The average Bonchev–Trinajstić information content (AvgIpc) is 2.58. The smallest absolute Gasteiger partial charge is 0.248 e. The number of rotatable bonds is 6. The molecule has 0 radical (unpaired) electrons. The van der Waals surface area contributed by atoms with Crippen molar-refractivity contribution in [1.82, 2.24) is 0 Å². The Labute approximate surface area is 170 Å². The second kappa shape index (κ2) is 8.50. The third kappa shape index (κ3) is 4.94. The summed E-state index contributed by atoms with van der Waals surface area (Å²) >= 11 is 12.2. The van der Waals surface area contributed by atoms with Crippen molar-refractivity contribution < 1.29 is 13.2 Å². The Hall–Kier alpha value is -1.76. The molecule has 0 aromatic heterocycles. The number of anilines is 2. The van der Waals surface area contributed by atoms with E-state index in [0.29, 0.717) is 10.7 Å². The quantitative estimate of drug-likeness (QED) is 0.727. The molecule has 0 bridgehead atoms. The van der Waals surface area contributed by atoms with Crippen LogP contribution in [0.3, 0.4) is 0 Å². The van der Waals surface area contributed by atoms with Gasteiger partial charge in [-0.25, -0.2) is 8.42 Å². The number of nitrogens with one attached hydrogen (secondary N) is 1. The molecule has 8 heteroatoms. The van der Waals surface area contributed by atoms with E-state index in [9.17, 15) is 13.2 Å². The summed E-state index contributed by atoms with van der Waals surface area (Å²) in [5.41, 5.74) is 2.74. The van der Waals surface area contributed by atoms with Crippen LogP contribution in [-0.4, -0.2) is 26.6 Å². The van der Waals surface area contributed by atoms with Gasteiger partial charge in [0.15, 0.2) is 0 Å². The predicted molar refractivity (Wildman–Crippen MR) is 112 cm³/mol. The molecule has 146 valence electrons. The van der Waals surface area contributed by atoms with Crippen LogP contribution < -0.4 is 9.62 Å². The molecule has 0 fully saturated rings. The number of hydrogen-bond donors (Lipinski definition) is 1. The van der Waals surface area contributed by atoms with Gasteiger partial charge in [-0.05, 0) is 49.6 Å². The first kappa shape index (κ1) is 21.5. The van der Waals surface area contributed by atoms with E-state index < -0.39 is 22.0 Å². The fraction of sp³-hybridized carbons (Fsp3) is 0.316. The minimum atomic E-state index is -3.79. The van der Waals surface area contributed by atoms with Crippen molar-refractivity contribution in [3.05, 3.63) is 57.6 Å². The van der Waals surface area contributed by atoms with E-state index in [-0.39, 0.29) is 10.7 Å². The summed E-state index contributed by atoms with van der Waals surface area (Å²) in [7, 11) is -3.79. The minimum absolute atomic E-state index is 0.162. The number of carbonyl (C=O) groups excluding carboxylic acids is 1. The molecule has 1 N–H and O–H groups in total. The lowest BCUT2D eigenvalue weighted by Gasteiger charge is -2.29. The molecule has 2 aromatic rings. The van der Waals surface area contributed by atoms with E-state index in [4.69, 9.17) is 23.2 Å². The molecule has 0 aliphatic carbocycles. The van der Waals surface area contributed by atoms with Crippen molar-refractivity contribution in [3.63, 3.8) is 0 Å². The molecule has 0 aliphatic heterocycles. The molecule has 0 saturated carbocycles. The Bertz CT molecular complexity index is 961. The molecular formula is C19H22Cl2N2O3S. The number of sulfonamides is 1. The molecule has 0 aliphatic rings. The van der Waals surface area contributed by atoms with E-state index in [0.717, 1.165) is 28.1 Å². The molecular weight excluding hydrogens is 407 g/mol. The summed E-state index contributed by atoms with van der Waals surface area (Å²) in [5.74, 6) is -0.458. The van der Waals surface area contributed by atoms with Crippen molar-refractivity contribution in [2.45, 2.75) is 33.2 Å². The van der Waals surface area contributed by atoms with Crippen LogP contribution >= 0.6 is 23.2 Å². The van der Waals surface area contributed by atoms with Crippen LogP contribution in [0.2, 0.25) is 10.0 Å². The molecule has 5 nitrogen and oxygen atoms in total. The highest BCUT2D eigenvalue weighted by atomic mass is 35.5. The van der Waals surface area contributed by atoms with Gasteiger partial charge in [0, 0.05) is 10.7 Å². The van der Waals surface area contributed by atoms with Gasteiger partial charge in [-0.2, -0.15) is 0 Å². The van der Waals surface area contributed by atoms with Gasteiger partial charge in [-0.1, -0.05) is 48.3 Å². The van der Waals surface area contributed by atoms with Crippen molar-refractivity contribution in [3.8, 4) is 0 Å². The van der Waals surface area contributed by atoms with Crippen LogP contribution in [0.4, 0.5) is 11.4 Å². The predicted octanol–water partition coefficient (Wildman–Crippen LogP) is 4.66. The Kier molecular flexibility index (Phi) is 6.78. The van der Waals surface area contributed by atoms with E-state index in [1.807, 2.05) is 32.0 Å². The molecule has 0 heterocycles. The van der Waals surface area contributed by atoms with Gasteiger partial charge in [-0.3, -0.25) is 9.10 Å². The first-order chi connectivity index (χ1) is 12.6. The Morgan fingerprint density at radius 1 is 1.22 bits per heavy atom. The van der Waals surface area contributed by atoms with Crippen LogP contribution in [-0.2, 0) is 21.2 Å². The normalized spacial score (nSPS) is 12.5. The number of aryl methyl sites for hydroxylation is 2. The second-order valence-electron chi connectivity index (χ2n) is 6.28. The topological polar surface area (TPSA) is 66.5 Å². The fourth-order valence-corrected chi connectivity index (χ4v) is 4.47. The molecule has 27 heavy (non-hydrogen) atoms. The Morgan fingerprint density at radius 3 is 2.48 bits per heavy atom. The molecule has 0 spiro atoms. The number of carbonyl (C=O) groups is 1. The third-order valence-electron chi connectivity index (χ3n) is 4.22. The number of nitrogens with zero attached hydrogens (tertiary/aromatic N) is 1. The standard InChI is InChI=1S/C19H22Cl2N2O3S/c1-5-14-8-6-7-12(2)18(14)22-19(24)13(3)23(27(4,25)26)17-11-15(20)9-10-16(17)21/h6-11,13H,5H2,1-4H3,(H,22,24). The average molecular weight is 429 g/mol. The largest absolute Gasteiger partial charge is 0.324 e. The van der Waals surface area contributed by atoms with Crippen LogP contribution in [0.25, 0.3) is 0 Å². The maximum absolute atomic E-state index is 12.9. The molecule has 1 unspecified atom stereocenters. The molecule has 2 aromatic carbocycles. The first-order valence-electron chi connectivity index (χ1n) is 8.40. The summed E-state index contributed by atoms with van der Waals surface area (Å²) in [6, 6.07) is 9.19. The zero-order valence-corrected chi connectivity index (χ0v) is 17.9. The summed E-state index contributed by atoms with van der Waals surface area (Å²) in [6.45, 7) is 5.39. The summed E-state index contributed by atoms with van der Waals surface area (Å²) < 4.78 is 25.8. The maximum atomic E-state index is 12.9. The highest BCUT2D eigenvalue weighted by Gasteiger charge is 2.31. The summed E-state index contributed by atoms with van der Waals surface area (Å²) in [5, 5.41) is 3.38. The summed E-state index contributed by atoms with van der Waals surface area (Å²) in [4.78, 5) is 12.9. The van der Waals surface area contributed by atoms with Crippen molar-refractivity contribution in [2.75, 3.05) is 15.9 Å². The fourth-order valence-electron chi connectivity index (χ4n) is 2.87. The highest BCUT2D eigenvalue weighted by molar-refractivity contribution is 7.92. The van der Waals surface area contributed by atoms with E-state index in [2.05, 4.69) is 5.32 Å². The van der Waals surface area contributed by atoms with Crippen molar-refractivity contribution in [2.24, 2.45) is 0 Å². The first-order valence-corrected chi connectivity index (χ1v) is 11.0. The molecule has 1 atom stereocenters. The van der Waals surface area contributed by atoms with Gasteiger partial charge < -0.3 is 5.32 Å². The van der Waals surface area contributed by atoms with E-state index in [1.165, 1.54) is 19.1 Å². The lowest BCUT2D eigenvalue weighted by molar-refractivity contribution is -0.116. The van der Waals surface area contributed by atoms with E-state index >= 15 is 0 Å². The van der Waals surface area contributed by atoms with Crippen molar-refractivity contribution >= 4 is 50.5 Å². The number of benzene rings is 2. The van der Waals surface area contributed by atoms with Gasteiger partial charge in [0.2, 0.25) is 15.9 Å². The van der Waals surface area contributed by atoms with Gasteiger partial charge in [0.25, 0.3) is 0 Å². The lowest BCUT2D eigenvalue weighted by Crippen LogP contribution is -2.45. The highest BCUT2D eigenvalue weighted by Crippen LogP contribution is 2.32. The molecule has 0 saturated heterocycles. The van der Waals surface area contributed by atoms with Crippen LogP contribution in [0, 0.1) is 6.92 Å². The summed E-state index contributed by atoms with van der Waals surface area (Å²) in [6.07, 6.45) is 1.76. The van der Waals surface area contributed by atoms with Crippen molar-refractivity contribution in [1.29, 1.82) is 0 Å². The second-order valence-corrected chi connectivity index (χ2v) is 8.99. The van der Waals surface area contributed by atoms with Gasteiger partial charge >= 0.3 is 0 Å². The Balaban J connectivity index is 2.44. The van der Waals surface area contributed by atoms with Crippen LogP contribution in [0.5, 0.6) is 0 Å². The number of para-hydroxylation sites is 1. The van der Waals surface area contributed by atoms with Gasteiger partial charge in [-0.15, -0.1) is 0 Å². The number of amides is 1. The zero-order chi connectivity index (χ0) is 20.4. The lowest BCUT2D eigenvalue weighted by atomic mass is 10.1.